The lowest BCUT2D eigenvalue weighted by Crippen LogP contribution is -2.45. The molecule has 0 spiro atoms. The molecule has 6 nitrogen and oxygen atoms in total. The van der Waals surface area contributed by atoms with Crippen molar-refractivity contribution in [2.24, 2.45) is 0 Å². The van der Waals surface area contributed by atoms with Crippen LogP contribution < -0.4 is 10.2 Å². The Hall–Kier alpha value is -1.76. The van der Waals surface area contributed by atoms with Crippen LogP contribution in [0.5, 0.6) is 0 Å². The Kier molecular flexibility index (Phi) is 6.78. The van der Waals surface area contributed by atoms with Crippen molar-refractivity contribution < 1.29 is 14.0 Å². The van der Waals surface area contributed by atoms with E-state index in [-0.39, 0.29) is 28.0 Å². The largest absolute Gasteiger partial charge is 0.359 e. The second kappa shape index (κ2) is 8.50. The molecule has 1 aliphatic rings. The van der Waals surface area contributed by atoms with Gasteiger partial charge in [-0.1, -0.05) is 0 Å². The van der Waals surface area contributed by atoms with Crippen LogP contribution in [-0.2, 0) is 9.59 Å². The van der Waals surface area contributed by atoms with E-state index in [1.54, 1.807) is 27.2 Å². The average molecular weight is 411 g/mol. The molecule has 1 N–H and O–H groups in total. The van der Waals surface area contributed by atoms with Gasteiger partial charge in [-0.05, 0) is 38.7 Å². The maximum atomic E-state index is 15.0. The van der Waals surface area contributed by atoms with Crippen LogP contribution in [0.1, 0.15) is 32.3 Å². The van der Waals surface area contributed by atoms with Crippen molar-refractivity contribution in [3.8, 4) is 6.07 Å². The van der Waals surface area contributed by atoms with Gasteiger partial charge in [-0.15, -0.1) is 24.4 Å². The lowest BCUT2D eigenvalue weighted by atomic mass is 10.0. The molecule has 0 radical (unpaired) electrons. The van der Waals surface area contributed by atoms with Gasteiger partial charge in [0.05, 0.1) is 21.7 Å². The van der Waals surface area contributed by atoms with Crippen LogP contribution in [0, 0.1) is 17.1 Å². The Balaban J connectivity index is 2.35. The Morgan fingerprint density at radius 1 is 1.48 bits per heavy atom. The fourth-order valence-electron chi connectivity index (χ4n) is 3.13. The molecule has 146 valence electrons. The van der Waals surface area contributed by atoms with Crippen LogP contribution in [0.15, 0.2) is 17.0 Å². The van der Waals surface area contributed by atoms with Crippen molar-refractivity contribution in [3.05, 3.63) is 23.5 Å². The molecule has 1 atom stereocenters. The number of carbonyl (C=O) groups is 2. The van der Waals surface area contributed by atoms with Crippen LogP contribution in [0.4, 0.5) is 10.1 Å². The fraction of sp³-hybridized carbons (Fsp3) is 0.500. The Morgan fingerprint density at radius 3 is 2.70 bits per heavy atom. The van der Waals surface area contributed by atoms with E-state index < -0.39 is 16.9 Å². The first kappa shape index (κ1) is 21.5. The number of halogens is 1. The topological polar surface area (TPSA) is 76.4 Å². The van der Waals surface area contributed by atoms with Gasteiger partial charge in [-0.25, -0.2) is 4.39 Å². The number of carbonyl (C=O) groups excluding carboxylic acids is 2. The van der Waals surface area contributed by atoms with Gasteiger partial charge < -0.3 is 5.32 Å². The van der Waals surface area contributed by atoms with E-state index in [4.69, 9.17) is 5.26 Å². The van der Waals surface area contributed by atoms with Gasteiger partial charge in [0, 0.05) is 20.0 Å². The summed E-state index contributed by atoms with van der Waals surface area (Å²) in [5.41, 5.74) is -1.23. The second-order valence-electron chi connectivity index (χ2n) is 6.64. The number of thiol groups is 1. The molecule has 1 unspecified atom stereocenters. The van der Waals surface area contributed by atoms with Crippen LogP contribution in [0.25, 0.3) is 0 Å². The van der Waals surface area contributed by atoms with Crippen molar-refractivity contribution >= 4 is 41.9 Å². The fourth-order valence-corrected chi connectivity index (χ4v) is 4.38. The third-order valence-electron chi connectivity index (χ3n) is 4.71. The summed E-state index contributed by atoms with van der Waals surface area (Å²) < 4.78 is 15.0. The Morgan fingerprint density at radius 2 is 2.15 bits per heavy atom. The smallest absolute Gasteiger partial charge is 0.249 e. The minimum Gasteiger partial charge on any atom is -0.359 e. The maximum absolute atomic E-state index is 15.0. The zero-order valence-corrected chi connectivity index (χ0v) is 17.5. The third-order valence-corrected chi connectivity index (χ3v) is 6.03. The lowest BCUT2D eigenvalue weighted by molar-refractivity contribution is -0.123. The predicted molar refractivity (Wildman–Crippen MR) is 107 cm³/mol. The van der Waals surface area contributed by atoms with Crippen molar-refractivity contribution in [1.29, 1.82) is 5.26 Å². The first-order valence-electron chi connectivity index (χ1n) is 8.46. The Bertz CT molecular complexity index is 794. The van der Waals surface area contributed by atoms with E-state index in [0.29, 0.717) is 19.4 Å². The summed E-state index contributed by atoms with van der Waals surface area (Å²) in [6.45, 7) is 3.98. The molecule has 0 aliphatic carbocycles. The first-order chi connectivity index (χ1) is 12.7. The van der Waals surface area contributed by atoms with E-state index in [2.05, 4.69) is 17.9 Å². The van der Waals surface area contributed by atoms with E-state index >= 15 is 4.39 Å². The van der Waals surface area contributed by atoms with Gasteiger partial charge in [-0.3, -0.25) is 19.4 Å². The second-order valence-corrected chi connectivity index (χ2v) is 7.92. The summed E-state index contributed by atoms with van der Waals surface area (Å²) in [6, 6.07) is 4.92. The Labute approximate surface area is 168 Å². The number of nitrogens with one attached hydrogen (secondary N) is 1. The molecule has 1 aliphatic heterocycles. The van der Waals surface area contributed by atoms with Crippen LogP contribution in [-0.4, -0.2) is 47.6 Å². The van der Waals surface area contributed by atoms with Gasteiger partial charge in [0.2, 0.25) is 11.8 Å². The van der Waals surface area contributed by atoms with Gasteiger partial charge in [0.15, 0.2) is 5.82 Å². The minimum atomic E-state index is -0.894. The summed E-state index contributed by atoms with van der Waals surface area (Å²) in [7, 11) is 1.58. The molecule has 1 heterocycles. The molecular formula is C18H23FN4O2S2. The highest BCUT2D eigenvalue weighted by atomic mass is 32.2. The molecule has 1 aromatic rings. The molecule has 9 heteroatoms. The number of nitriles is 1. The number of rotatable bonds is 6. The van der Waals surface area contributed by atoms with Crippen molar-refractivity contribution in [1.82, 2.24) is 10.2 Å². The van der Waals surface area contributed by atoms with E-state index in [1.165, 1.54) is 17.0 Å². The van der Waals surface area contributed by atoms with Gasteiger partial charge in [0.1, 0.15) is 11.6 Å². The van der Waals surface area contributed by atoms with Crippen LogP contribution >= 0.6 is 24.4 Å². The molecule has 0 aromatic heterocycles. The van der Waals surface area contributed by atoms with Crippen LogP contribution in [0.2, 0.25) is 0 Å². The number of hydrogen-bond donors (Lipinski definition) is 2. The van der Waals surface area contributed by atoms with Crippen LogP contribution in [0.3, 0.4) is 0 Å². The summed E-state index contributed by atoms with van der Waals surface area (Å²) in [5.74, 6) is -0.955. The third kappa shape index (κ3) is 3.93. The van der Waals surface area contributed by atoms with E-state index in [1.807, 2.05) is 11.0 Å². The normalized spacial score (nSPS) is 19.2. The highest BCUT2D eigenvalue weighted by Gasteiger charge is 2.51. The SMILES string of the molecule is CNC(=O)CCCN1C(S)N(c2ccc(C#N)c(SC)c2F)C(=O)C1(C)C. The summed E-state index contributed by atoms with van der Waals surface area (Å²) in [4.78, 5) is 27.8. The molecule has 0 bridgehead atoms. The molecule has 1 fully saturated rings. The maximum Gasteiger partial charge on any atom is 0.249 e. The minimum absolute atomic E-state index is 0.0753. The number of benzene rings is 1. The van der Waals surface area contributed by atoms with Gasteiger partial charge in [0.25, 0.3) is 0 Å². The highest BCUT2D eigenvalue weighted by Crippen LogP contribution is 2.40. The molecule has 2 amide bonds. The summed E-state index contributed by atoms with van der Waals surface area (Å²) >= 11 is 5.69. The molecule has 0 saturated carbocycles. The summed E-state index contributed by atoms with van der Waals surface area (Å²) in [6.07, 6.45) is 2.56. The average Bonchev–Trinajstić information content (AvgIpc) is 2.80. The number of nitrogens with zero attached hydrogens (tertiary/aromatic N) is 3. The number of thioether (sulfide) groups is 1. The van der Waals surface area contributed by atoms with Crippen molar-refractivity contribution in [2.75, 3.05) is 24.7 Å². The monoisotopic (exact) mass is 410 g/mol. The van der Waals surface area contributed by atoms with Crippen molar-refractivity contribution in [2.45, 2.75) is 42.6 Å². The molecule has 27 heavy (non-hydrogen) atoms. The zero-order chi connectivity index (χ0) is 20.4. The first-order valence-corrected chi connectivity index (χ1v) is 10.2. The number of amides is 2. The molecular weight excluding hydrogens is 387 g/mol. The lowest BCUT2D eigenvalue weighted by Gasteiger charge is -2.31. The zero-order valence-electron chi connectivity index (χ0n) is 15.7. The standard InChI is InChI=1S/C18H23FN4O2S2/c1-18(2)16(25)23(17(26)22(18)9-5-6-13(24)21-3)12-8-7-11(10-20)15(27-4)14(12)19/h7-8,17,26H,5-6,9H2,1-4H3,(H,21,24). The molecule has 2 rings (SSSR count). The number of hydrogen-bond acceptors (Lipinski definition) is 6. The molecule has 1 aromatic carbocycles. The van der Waals surface area contributed by atoms with E-state index in [9.17, 15) is 9.59 Å². The van der Waals surface area contributed by atoms with E-state index in [0.717, 1.165) is 11.8 Å². The summed E-state index contributed by atoms with van der Waals surface area (Å²) in [5, 5.41) is 11.7. The van der Waals surface area contributed by atoms with Crippen molar-refractivity contribution in [3.63, 3.8) is 0 Å². The highest BCUT2D eigenvalue weighted by molar-refractivity contribution is 7.98. The number of anilines is 1. The quantitative estimate of drug-likeness (QED) is 0.557. The van der Waals surface area contributed by atoms with Gasteiger partial charge >= 0.3 is 0 Å². The molecule has 1 saturated heterocycles. The predicted octanol–water partition coefficient (Wildman–Crippen LogP) is 2.59. The van der Waals surface area contributed by atoms with Gasteiger partial charge in [-0.2, -0.15) is 5.26 Å².